The Morgan fingerprint density at radius 2 is 1.68 bits per heavy atom. The van der Waals surface area contributed by atoms with Crippen molar-refractivity contribution >= 4 is 23.0 Å². The number of aldehydes is 1. The molecule has 1 saturated carbocycles. The molecule has 0 amide bonds. The summed E-state index contributed by atoms with van der Waals surface area (Å²) in [6.07, 6.45) is 9.37. The Balaban J connectivity index is 1.32. The molecule has 1 aliphatic carbocycles. The molecule has 5 heteroatoms. The Labute approximate surface area is 167 Å². The van der Waals surface area contributed by atoms with Crippen molar-refractivity contribution in [2.24, 2.45) is 5.92 Å². The predicted octanol–water partition coefficient (Wildman–Crippen LogP) is 3.22. The topological polar surface area (TPSA) is 45.6 Å². The van der Waals surface area contributed by atoms with Crippen LogP contribution in [0.4, 0.5) is 0 Å². The molecule has 0 N–H and O–H groups in total. The maximum Gasteiger partial charge on any atom is 0.227 e. The minimum atomic E-state index is -0.439. The predicted molar refractivity (Wildman–Crippen MR) is 112 cm³/mol. The molecule has 2 aromatic rings. The number of fused-ring (bicyclic) bond motifs is 1. The smallest absolute Gasteiger partial charge is 0.227 e. The van der Waals surface area contributed by atoms with Gasteiger partial charge in [0.1, 0.15) is 0 Å². The summed E-state index contributed by atoms with van der Waals surface area (Å²) in [5.41, 5.74) is 1.55. The van der Waals surface area contributed by atoms with E-state index in [9.17, 15) is 9.59 Å². The molecule has 2 fully saturated rings. The standard InChI is InChI=1S/C23H31N3O2/c27-18-23(28)21-17-26(22-9-5-4-8-20(21)22)15-14-24-10-12-25(13-11-24)16-19-6-2-1-3-7-19/h4-5,8-9,17-19H,1-3,6-7,10-16H2. The van der Waals surface area contributed by atoms with E-state index in [1.54, 1.807) is 0 Å². The summed E-state index contributed by atoms with van der Waals surface area (Å²) in [5.74, 6) is 0.478. The van der Waals surface area contributed by atoms with Gasteiger partial charge in [-0.25, -0.2) is 0 Å². The van der Waals surface area contributed by atoms with Gasteiger partial charge in [0.15, 0.2) is 6.29 Å². The molecule has 1 aromatic heterocycles. The number of carbonyl (C=O) groups excluding carboxylic acids is 2. The summed E-state index contributed by atoms with van der Waals surface area (Å²) in [4.78, 5) is 28.1. The van der Waals surface area contributed by atoms with Crippen molar-refractivity contribution in [3.8, 4) is 0 Å². The molecule has 1 aromatic carbocycles. The van der Waals surface area contributed by atoms with Gasteiger partial charge in [-0.05, 0) is 24.8 Å². The Morgan fingerprint density at radius 1 is 0.964 bits per heavy atom. The number of para-hydroxylation sites is 1. The van der Waals surface area contributed by atoms with Gasteiger partial charge in [-0.3, -0.25) is 14.5 Å². The van der Waals surface area contributed by atoms with Gasteiger partial charge >= 0.3 is 0 Å². The lowest BCUT2D eigenvalue weighted by Gasteiger charge is -2.37. The van der Waals surface area contributed by atoms with Gasteiger partial charge < -0.3 is 9.47 Å². The molecule has 0 atom stereocenters. The molecule has 150 valence electrons. The third-order valence-electron chi connectivity index (χ3n) is 6.52. The lowest BCUT2D eigenvalue weighted by Crippen LogP contribution is -2.48. The van der Waals surface area contributed by atoms with Crippen LogP contribution in [0, 0.1) is 5.92 Å². The minimum absolute atomic E-state index is 0.414. The Bertz CT molecular complexity index is 814. The molecule has 0 spiro atoms. The Hall–Kier alpha value is -1.98. The number of hydrogen-bond donors (Lipinski definition) is 0. The van der Waals surface area contributed by atoms with Crippen LogP contribution in [0.25, 0.3) is 10.9 Å². The van der Waals surface area contributed by atoms with Crippen LogP contribution in [0.3, 0.4) is 0 Å². The third kappa shape index (κ3) is 4.36. The first kappa shape index (κ1) is 19.3. The molecule has 5 nitrogen and oxygen atoms in total. The molecule has 4 rings (SSSR count). The zero-order chi connectivity index (χ0) is 19.3. The van der Waals surface area contributed by atoms with E-state index in [1.165, 1.54) is 38.6 Å². The number of piperazine rings is 1. The number of hydrogen-bond acceptors (Lipinski definition) is 4. The second kappa shape index (κ2) is 9.01. The fourth-order valence-electron chi connectivity index (χ4n) is 4.87. The minimum Gasteiger partial charge on any atom is -0.345 e. The van der Waals surface area contributed by atoms with Gasteiger partial charge in [-0.1, -0.05) is 37.5 Å². The first-order chi connectivity index (χ1) is 13.7. The van der Waals surface area contributed by atoms with Crippen molar-refractivity contribution in [1.29, 1.82) is 0 Å². The number of benzene rings is 1. The molecule has 0 radical (unpaired) electrons. The van der Waals surface area contributed by atoms with Crippen LogP contribution in [0.5, 0.6) is 0 Å². The molecule has 0 unspecified atom stereocenters. The number of nitrogens with zero attached hydrogens (tertiary/aromatic N) is 3. The number of ketones is 1. The first-order valence-corrected chi connectivity index (χ1v) is 10.8. The molecule has 1 aliphatic heterocycles. The summed E-state index contributed by atoms with van der Waals surface area (Å²) in [6.45, 7) is 7.67. The Morgan fingerprint density at radius 3 is 2.43 bits per heavy atom. The first-order valence-electron chi connectivity index (χ1n) is 10.8. The van der Waals surface area contributed by atoms with Crippen molar-refractivity contribution in [3.05, 3.63) is 36.0 Å². The van der Waals surface area contributed by atoms with Crippen molar-refractivity contribution < 1.29 is 9.59 Å². The van der Waals surface area contributed by atoms with E-state index >= 15 is 0 Å². The van der Waals surface area contributed by atoms with E-state index in [0.717, 1.165) is 56.1 Å². The van der Waals surface area contributed by atoms with Crippen LogP contribution in [0.1, 0.15) is 42.5 Å². The zero-order valence-corrected chi connectivity index (χ0v) is 16.7. The fourth-order valence-corrected chi connectivity index (χ4v) is 4.87. The van der Waals surface area contributed by atoms with Crippen LogP contribution >= 0.6 is 0 Å². The second-order valence-electron chi connectivity index (χ2n) is 8.38. The largest absolute Gasteiger partial charge is 0.345 e. The van der Waals surface area contributed by atoms with Gasteiger partial charge in [-0.2, -0.15) is 0 Å². The summed E-state index contributed by atoms with van der Waals surface area (Å²) in [7, 11) is 0. The van der Waals surface area contributed by atoms with Gasteiger partial charge in [0.25, 0.3) is 0 Å². The molecular formula is C23H31N3O2. The average molecular weight is 382 g/mol. The Kier molecular flexibility index (Phi) is 6.23. The van der Waals surface area contributed by atoms with Crippen LogP contribution in [0.2, 0.25) is 0 Å². The highest BCUT2D eigenvalue weighted by molar-refractivity contribution is 6.36. The second-order valence-corrected chi connectivity index (χ2v) is 8.38. The SMILES string of the molecule is O=CC(=O)c1cn(CCN2CCN(CC3CCCCC3)CC2)c2ccccc12. The van der Waals surface area contributed by atoms with Crippen molar-refractivity contribution in [2.45, 2.75) is 38.6 Å². The number of rotatable bonds is 7. The average Bonchev–Trinajstić information content (AvgIpc) is 3.12. The van der Waals surface area contributed by atoms with E-state index in [-0.39, 0.29) is 0 Å². The molecule has 0 bridgehead atoms. The summed E-state index contributed by atoms with van der Waals surface area (Å²) in [6, 6.07) is 7.85. The summed E-state index contributed by atoms with van der Waals surface area (Å²) < 4.78 is 2.13. The van der Waals surface area contributed by atoms with Gasteiger partial charge in [-0.15, -0.1) is 0 Å². The summed E-state index contributed by atoms with van der Waals surface area (Å²) in [5, 5.41) is 0.872. The molecule has 1 saturated heterocycles. The van der Waals surface area contributed by atoms with Crippen molar-refractivity contribution in [1.82, 2.24) is 14.4 Å². The molecule has 2 heterocycles. The van der Waals surface area contributed by atoms with E-state index in [2.05, 4.69) is 14.4 Å². The van der Waals surface area contributed by atoms with Crippen molar-refractivity contribution in [3.63, 3.8) is 0 Å². The fraction of sp³-hybridized carbons (Fsp3) is 0.565. The van der Waals surface area contributed by atoms with Gasteiger partial charge in [0.05, 0.1) is 5.56 Å². The van der Waals surface area contributed by atoms with Crippen LogP contribution in [0.15, 0.2) is 30.5 Å². The van der Waals surface area contributed by atoms with Gasteiger partial charge in [0, 0.05) is 62.9 Å². The zero-order valence-electron chi connectivity index (χ0n) is 16.7. The monoisotopic (exact) mass is 381 g/mol. The maximum atomic E-state index is 11.9. The lowest BCUT2D eigenvalue weighted by molar-refractivity contribution is -0.104. The highest BCUT2D eigenvalue weighted by Gasteiger charge is 2.22. The molecule has 28 heavy (non-hydrogen) atoms. The maximum absolute atomic E-state index is 11.9. The number of carbonyl (C=O) groups is 2. The highest BCUT2D eigenvalue weighted by Crippen LogP contribution is 2.25. The quantitative estimate of drug-likeness (QED) is 0.420. The normalized spacial score (nSPS) is 19.9. The number of Topliss-reactive ketones (excluding diaryl/α,β-unsaturated/α-hetero) is 1. The van der Waals surface area contributed by atoms with Crippen molar-refractivity contribution in [2.75, 3.05) is 39.3 Å². The van der Waals surface area contributed by atoms with E-state index < -0.39 is 5.78 Å². The third-order valence-corrected chi connectivity index (χ3v) is 6.52. The van der Waals surface area contributed by atoms with E-state index in [1.807, 2.05) is 30.5 Å². The van der Waals surface area contributed by atoms with E-state index in [0.29, 0.717) is 11.8 Å². The lowest BCUT2D eigenvalue weighted by atomic mass is 9.89. The van der Waals surface area contributed by atoms with Crippen LogP contribution in [-0.4, -0.2) is 65.7 Å². The highest BCUT2D eigenvalue weighted by atomic mass is 16.2. The molecular weight excluding hydrogens is 350 g/mol. The van der Waals surface area contributed by atoms with Crippen LogP contribution in [-0.2, 0) is 11.3 Å². The van der Waals surface area contributed by atoms with Gasteiger partial charge in [0.2, 0.25) is 5.78 Å². The number of aromatic nitrogens is 1. The van der Waals surface area contributed by atoms with Crippen LogP contribution < -0.4 is 0 Å². The molecule has 2 aliphatic rings. The summed E-state index contributed by atoms with van der Waals surface area (Å²) >= 11 is 0. The van der Waals surface area contributed by atoms with E-state index in [4.69, 9.17) is 0 Å².